The average Bonchev–Trinajstić information content (AvgIpc) is 2.99. The molecular weight excluding hydrogens is 370 g/mol. The predicted octanol–water partition coefficient (Wildman–Crippen LogP) is 5.20. The number of benzene rings is 2. The van der Waals surface area contributed by atoms with Crippen LogP contribution in [0.3, 0.4) is 0 Å². The zero-order valence-electron chi connectivity index (χ0n) is 13.8. The van der Waals surface area contributed by atoms with E-state index in [0.717, 1.165) is 17.7 Å². The maximum atomic E-state index is 12.5. The highest BCUT2D eigenvalue weighted by Gasteiger charge is 2.20. The van der Waals surface area contributed by atoms with Gasteiger partial charge in [-0.2, -0.15) is 17.6 Å². The zero-order valence-corrected chi connectivity index (χ0v) is 13.8. The van der Waals surface area contributed by atoms with E-state index in [0.29, 0.717) is 5.69 Å². The largest absolute Gasteiger partial charge is 0.451 e. The standard InChI is InChI=1S/C18H13F4NO4/c1-9-4-2-3-5-11(9)23-16(24)15-7-10-6-13(26-17(19)20)14(27-18(21)22)8-12(10)25-15/h2-8,17-18H,1H3,(H,23,24). The molecule has 0 saturated heterocycles. The lowest BCUT2D eigenvalue weighted by atomic mass is 10.2. The Balaban J connectivity index is 1.94. The fourth-order valence-electron chi connectivity index (χ4n) is 2.43. The maximum Gasteiger partial charge on any atom is 0.387 e. The SMILES string of the molecule is Cc1ccccc1NC(=O)c1cc2cc(OC(F)F)c(OC(F)F)cc2o1. The van der Waals surface area contributed by atoms with Gasteiger partial charge in [-0.15, -0.1) is 0 Å². The molecule has 1 N–H and O–H groups in total. The van der Waals surface area contributed by atoms with E-state index >= 15 is 0 Å². The van der Waals surface area contributed by atoms with Crippen LogP contribution in [-0.2, 0) is 0 Å². The fraction of sp³-hybridized carbons (Fsp3) is 0.167. The van der Waals surface area contributed by atoms with E-state index in [-0.39, 0.29) is 16.7 Å². The van der Waals surface area contributed by atoms with E-state index in [1.807, 2.05) is 0 Å². The Hall–Kier alpha value is -3.23. The first-order valence-electron chi connectivity index (χ1n) is 7.67. The van der Waals surface area contributed by atoms with Gasteiger partial charge in [0.15, 0.2) is 17.3 Å². The quantitative estimate of drug-likeness (QED) is 0.595. The Bertz CT molecular complexity index is 924. The summed E-state index contributed by atoms with van der Waals surface area (Å²) in [5.41, 5.74) is 1.39. The van der Waals surface area contributed by atoms with Crippen molar-refractivity contribution < 1.29 is 36.2 Å². The van der Waals surface area contributed by atoms with Crippen molar-refractivity contribution in [2.24, 2.45) is 0 Å². The first kappa shape index (κ1) is 18.6. The number of alkyl halides is 4. The minimum absolute atomic E-state index is 0.00204. The number of hydrogen-bond acceptors (Lipinski definition) is 4. The lowest BCUT2D eigenvalue weighted by molar-refractivity contribution is -0.0691. The van der Waals surface area contributed by atoms with Gasteiger partial charge < -0.3 is 19.2 Å². The van der Waals surface area contributed by atoms with E-state index in [9.17, 15) is 22.4 Å². The van der Waals surface area contributed by atoms with Gasteiger partial charge in [-0.3, -0.25) is 4.79 Å². The Morgan fingerprint density at radius 1 is 1.00 bits per heavy atom. The van der Waals surface area contributed by atoms with Gasteiger partial charge in [-0.05, 0) is 30.7 Å². The van der Waals surface area contributed by atoms with Crippen molar-refractivity contribution in [1.29, 1.82) is 0 Å². The smallest absolute Gasteiger partial charge is 0.387 e. The van der Waals surface area contributed by atoms with Crippen molar-refractivity contribution >= 4 is 22.6 Å². The summed E-state index contributed by atoms with van der Waals surface area (Å²) in [4.78, 5) is 12.4. The number of fused-ring (bicyclic) bond motifs is 1. The summed E-state index contributed by atoms with van der Waals surface area (Å²) in [6, 6.07) is 10.3. The van der Waals surface area contributed by atoms with Crippen LogP contribution in [0.5, 0.6) is 11.5 Å². The summed E-state index contributed by atoms with van der Waals surface area (Å²) < 4.78 is 63.7. The third-order valence-electron chi connectivity index (χ3n) is 3.63. The molecule has 3 aromatic rings. The number of halogens is 4. The summed E-state index contributed by atoms with van der Waals surface area (Å²) >= 11 is 0. The van der Waals surface area contributed by atoms with Crippen molar-refractivity contribution in [3.05, 3.63) is 53.8 Å². The van der Waals surface area contributed by atoms with Gasteiger partial charge in [-0.1, -0.05) is 18.2 Å². The molecule has 0 bridgehead atoms. The Labute approximate surface area is 150 Å². The van der Waals surface area contributed by atoms with Crippen LogP contribution in [0.2, 0.25) is 0 Å². The van der Waals surface area contributed by atoms with Crippen molar-refractivity contribution in [3.8, 4) is 11.5 Å². The molecule has 0 unspecified atom stereocenters. The van der Waals surface area contributed by atoms with Gasteiger partial charge in [0.2, 0.25) is 0 Å². The van der Waals surface area contributed by atoms with E-state index in [4.69, 9.17) is 4.42 Å². The number of amides is 1. The van der Waals surface area contributed by atoms with Gasteiger partial charge in [0.1, 0.15) is 5.58 Å². The highest BCUT2D eigenvalue weighted by Crippen LogP contribution is 2.36. The minimum atomic E-state index is -3.25. The molecule has 0 aliphatic rings. The molecular formula is C18H13F4NO4. The second-order valence-electron chi connectivity index (χ2n) is 5.47. The lowest BCUT2D eigenvalue weighted by Crippen LogP contribution is -2.11. The molecule has 0 fully saturated rings. The normalized spacial score (nSPS) is 11.2. The highest BCUT2D eigenvalue weighted by atomic mass is 19.3. The molecule has 1 amide bonds. The van der Waals surface area contributed by atoms with Crippen LogP contribution in [-0.4, -0.2) is 19.1 Å². The average molecular weight is 383 g/mol. The van der Waals surface area contributed by atoms with Crippen LogP contribution in [0.25, 0.3) is 11.0 Å². The third-order valence-corrected chi connectivity index (χ3v) is 3.63. The molecule has 0 aliphatic heterocycles. The topological polar surface area (TPSA) is 60.7 Å². The predicted molar refractivity (Wildman–Crippen MR) is 88.6 cm³/mol. The number of ether oxygens (including phenoxy) is 2. The first-order chi connectivity index (χ1) is 12.8. The number of aryl methyl sites for hydroxylation is 1. The van der Waals surface area contributed by atoms with Crippen LogP contribution in [0.4, 0.5) is 23.2 Å². The van der Waals surface area contributed by atoms with E-state index in [1.54, 1.807) is 31.2 Å². The van der Waals surface area contributed by atoms with Crippen molar-refractivity contribution in [2.75, 3.05) is 5.32 Å². The van der Waals surface area contributed by atoms with Gasteiger partial charge >= 0.3 is 13.2 Å². The Morgan fingerprint density at radius 3 is 2.26 bits per heavy atom. The Morgan fingerprint density at radius 2 is 1.63 bits per heavy atom. The van der Waals surface area contributed by atoms with Crippen molar-refractivity contribution in [2.45, 2.75) is 20.1 Å². The number of carbonyl (C=O) groups is 1. The van der Waals surface area contributed by atoms with E-state index in [1.165, 1.54) is 6.07 Å². The number of rotatable bonds is 6. The monoisotopic (exact) mass is 383 g/mol. The zero-order chi connectivity index (χ0) is 19.6. The number of carbonyl (C=O) groups excluding carboxylic acids is 1. The third kappa shape index (κ3) is 4.30. The Kier molecular flexibility index (Phi) is 5.20. The molecule has 0 atom stereocenters. The summed E-state index contributed by atoms with van der Waals surface area (Å²) in [7, 11) is 0. The van der Waals surface area contributed by atoms with Gasteiger partial charge in [0.25, 0.3) is 5.91 Å². The minimum Gasteiger partial charge on any atom is -0.451 e. The molecule has 142 valence electrons. The summed E-state index contributed by atoms with van der Waals surface area (Å²) in [6.07, 6.45) is 0. The molecule has 5 nitrogen and oxygen atoms in total. The molecule has 0 radical (unpaired) electrons. The summed E-state index contributed by atoms with van der Waals surface area (Å²) in [5, 5.41) is 2.86. The number of hydrogen-bond donors (Lipinski definition) is 1. The number of furan rings is 1. The van der Waals surface area contributed by atoms with E-state index < -0.39 is 30.6 Å². The van der Waals surface area contributed by atoms with Crippen LogP contribution in [0.15, 0.2) is 46.9 Å². The molecule has 27 heavy (non-hydrogen) atoms. The summed E-state index contributed by atoms with van der Waals surface area (Å²) in [5.74, 6) is -1.94. The second-order valence-corrected chi connectivity index (χ2v) is 5.47. The van der Waals surface area contributed by atoms with Gasteiger partial charge in [0, 0.05) is 17.1 Å². The number of nitrogens with one attached hydrogen (secondary N) is 1. The molecule has 0 aliphatic carbocycles. The number of anilines is 1. The molecule has 1 aromatic heterocycles. The lowest BCUT2D eigenvalue weighted by Gasteiger charge is -2.11. The molecule has 0 spiro atoms. The molecule has 0 saturated carbocycles. The van der Waals surface area contributed by atoms with Gasteiger partial charge in [0.05, 0.1) is 0 Å². The second kappa shape index (κ2) is 7.56. The van der Waals surface area contributed by atoms with Crippen LogP contribution in [0, 0.1) is 6.92 Å². The van der Waals surface area contributed by atoms with Crippen LogP contribution >= 0.6 is 0 Å². The maximum absolute atomic E-state index is 12.5. The molecule has 3 rings (SSSR count). The summed E-state index contributed by atoms with van der Waals surface area (Å²) in [6.45, 7) is -4.68. The number of para-hydroxylation sites is 1. The van der Waals surface area contributed by atoms with Crippen molar-refractivity contribution in [1.82, 2.24) is 0 Å². The molecule has 2 aromatic carbocycles. The molecule has 1 heterocycles. The molecule has 9 heteroatoms. The van der Waals surface area contributed by atoms with E-state index in [2.05, 4.69) is 14.8 Å². The van der Waals surface area contributed by atoms with Crippen molar-refractivity contribution in [3.63, 3.8) is 0 Å². The van der Waals surface area contributed by atoms with Gasteiger partial charge in [-0.25, -0.2) is 0 Å². The fourth-order valence-corrected chi connectivity index (χ4v) is 2.43. The first-order valence-corrected chi connectivity index (χ1v) is 7.67. The van der Waals surface area contributed by atoms with Crippen LogP contribution in [0.1, 0.15) is 16.1 Å². The highest BCUT2D eigenvalue weighted by molar-refractivity contribution is 6.05. The van der Waals surface area contributed by atoms with Crippen LogP contribution < -0.4 is 14.8 Å².